The zero-order valence-electron chi connectivity index (χ0n) is 9.37. The van der Waals surface area contributed by atoms with Gasteiger partial charge in [-0.3, -0.25) is 4.98 Å². The molecule has 17 heavy (non-hydrogen) atoms. The first kappa shape index (κ1) is 12.0. The van der Waals surface area contributed by atoms with Crippen LogP contribution in [0.2, 0.25) is 0 Å². The van der Waals surface area contributed by atoms with E-state index >= 15 is 0 Å². The molecule has 0 radical (unpaired) electrons. The molecule has 0 atom stereocenters. The highest BCUT2D eigenvalue weighted by Crippen LogP contribution is 2.21. The van der Waals surface area contributed by atoms with Gasteiger partial charge in [-0.1, -0.05) is 22.0 Å². The van der Waals surface area contributed by atoms with Crippen molar-refractivity contribution < 1.29 is 4.39 Å². The fourth-order valence-electron chi connectivity index (χ4n) is 1.53. The predicted octanol–water partition coefficient (Wildman–Crippen LogP) is 3.90. The molecule has 0 saturated carbocycles. The Morgan fingerprint density at radius 1 is 1.29 bits per heavy atom. The Balaban J connectivity index is 2.09. The molecule has 0 fully saturated rings. The molecule has 0 saturated heterocycles. The first-order valence-corrected chi connectivity index (χ1v) is 6.04. The third kappa shape index (κ3) is 3.27. The molecular formula is C13H12BrFN2. The van der Waals surface area contributed by atoms with Gasteiger partial charge in [-0.2, -0.15) is 0 Å². The van der Waals surface area contributed by atoms with Crippen LogP contribution in [-0.2, 0) is 6.54 Å². The Morgan fingerprint density at radius 3 is 2.88 bits per heavy atom. The van der Waals surface area contributed by atoms with Crippen molar-refractivity contribution in [3.8, 4) is 0 Å². The van der Waals surface area contributed by atoms with E-state index in [1.165, 1.54) is 12.3 Å². The first-order chi connectivity index (χ1) is 8.15. The van der Waals surface area contributed by atoms with Crippen LogP contribution in [-0.4, -0.2) is 4.98 Å². The summed E-state index contributed by atoms with van der Waals surface area (Å²) in [7, 11) is 0. The highest BCUT2D eigenvalue weighted by atomic mass is 79.9. The van der Waals surface area contributed by atoms with E-state index in [4.69, 9.17) is 0 Å². The van der Waals surface area contributed by atoms with Gasteiger partial charge in [0.2, 0.25) is 0 Å². The molecule has 0 aliphatic heterocycles. The zero-order chi connectivity index (χ0) is 12.3. The molecule has 0 amide bonds. The lowest BCUT2D eigenvalue weighted by Gasteiger charge is -2.09. The molecule has 0 spiro atoms. The summed E-state index contributed by atoms with van der Waals surface area (Å²) in [6.45, 7) is 2.58. The zero-order valence-corrected chi connectivity index (χ0v) is 11.0. The van der Waals surface area contributed by atoms with Crippen molar-refractivity contribution in [2.24, 2.45) is 0 Å². The van der Waals surface area contributed by atoms with Crippen LogP contribution >= 0.6 is 15.9 Å². The number of aryl methyl sites for hydroxylation is 1. The second-order valence-electron chi connectivity index (χ2n) is 3.82. The molecule has 1 heterocycles. The maximum atomic E-state index is 12.9. The topological polar surface area (TPSA) is 24.9 Å². The summed E-state index contributed by atoms with van der Waals surface area (Å²) in [5, 5.41) is 3.26. The number of aromatic nitrogens is 1. The lowest BCUT2D eigenvalue weighted by Crippen LogP contribution is -2.01. The van der Waals surface area contributed by atoms with Crippen LogP contribution < -0.4 is 5.32 Å². The third-order valence-corrected chi connectivity index (χ3v) is 2.94. The summed E-state index contributed by atoms with van der Waals surface area (Å²) in [6, 6.07) is 7.50. The molecule has 2 nitrogen and oxygen atoms in total. The molecular weight excluding hydrogens is 283 g/mol. The fraction of sp³-hybridized carbons (Fsp3) is 0.154. The molecule has 2 aromatic rings. The van der Waals surface area contributed by atoms with E-state index in [2.05, 4.69) is 26.2 Å². The van der Waals surface area contributed by atoms with E-state index in [9.17, 15) is 4.39 Å². The summed E-state index contributed by atoms with van der Waals surface area (Å²) >= 11 is 3.42. The summed E-state index contributed by atoms with van der Waals surface area (Å²) in [5.74, 6) is -0.310. The fourth-order valence-corrected chi connectivity index (χ4v) is 1.90. The smallest absolute Gasteiger partial charge is 0.141 e. The third-order valence-electron chi connectivity index (χ3n) is 2.44. The molecule has 1 N–H and O–H groups in total. The Bertz CT molecular complexity index is 529. The van der Waals surface area contributed by atoms with Gasteiger partial charge >= 0.3 is 0 Å². The Labute approximate surface area is 108 Å². The number of halogens is 2. The van der Waals surface area contributed by atoms with Crippen LogP contribution in [0.25, 0.3) is 0 Å². The maximum Gasteiger partial charge on any atom is 0.141 e. The summed E-state index contributed by atoms with van der Waals surface area (Å²) in [4.78, 5) is 3.81. The minimum atomic E-state index is -0.310. The van der Waals surface area contributed by atoms with Crippen molar-refractivity contribution in [2.45, 2.75) is 13.5 Å². The quantitative estimate of drug-likeness (QED) is 0.928. The number of rotatable bonds is 3. The van der Waals surface area contributed by atoms with E-state index in [0.717, 1.165) is 21.3 Å². The number of hydrogen-bond donors (Lipinski definition) is 1. The van der Waals surface area contributed by atoms with Gasteiger partial charge in [0.25, 0.3) is 0 Å². The highest BCUT2D eigenvalue weighted by molar-refractivity contribution is 9.10. The standard InChI is InChI=1S/C13H12BrFN2/c1-9-2-3-11(14)5-13(9)17-7-10-4-12(15)8-16-6-10/h2-6,8,17H,7H2,1H3. The average molecular weight is 295 g/mol. The van der Waals surface area contributed by atoms with Crippen molar-refractivity contribution >= 4 is 21.6 Å². The van der Waals surface area contributed by atoms with Crippen LogP contribution in [0.1, 0.15) is 11.1 Å². The van der Waals surface area contributed by atoms with Crippen LogP contribution in [0.4, 0.5) is 10.1 Å². The van der Waals surface area contributed by atoms with E-state index in [1.54, 1.807) is 6.20 Å². The number of anilines is 1. The molecule has 0 aliphatic carbocycles. The monoisotopic (exact) mass is 294 g/mol. The summed E-state index contributed by atoms with van der Waals surface area (Å²) in [5.41, 5.74) is 3.01. The van der Waals surface area contributed by atoms with Gasteiger partial charge in [0, 0.05) is 22.9 Å². The lowest BCUT2D eigenvalue weighted by atomic mass is 10.2. The lowest BCUT2D eigenvalue weighted by molar-refractivity contribution is 0.619. The molecule has 2 rings (SSSR count). The second kappa shape index (κ2) is 5.27. The van der Waals surface area contributed by atoms with Crippen molar-refractivity contribution in [1.29, 1.82) is 0 Å². The molecule has 1 aromatic carbocycles. The van der Waals surface area contributed by atoms with Gasteiger partial charge in [0.15, 0.2) is 0 Å². The molecule has 0 bridgehead atoms. The van der Waals surface area contributed by atoms with Gasteiger partial charge in [0.1, 0.15) is 5.82 Å². The van der Waals surface area contributed by atoms with E-state index in [1.807, 2.05) is 25.1 Å². The Hall–Kier alpha value is -1.42. The Morgan fingerprint density at radius 2 is 2.12 bits per heavy atom. The van der Waals surface area contributed by atoms with Gasteiger partial charge in [0.05, 0.1) is 6.20 Å². The van der Waals surface area contributed by atoms with Crippen LogP contribution in [0.15, 0.2) is 41.1 Å². The minimum Gasteiger partial charge on any atom is -0.381 e. The van der Waals surface area contributed by atoms with Crippen molar-refractivity contribution in [1.82, 2.24) is 4.98 Å². The first-order valence-electron chi connectivity index (χ1n) is 5.24. The number of nitrogens with zero attached hydrogens (tertiary/aromatic N) is 1. The van der Waals surface area contributed by atoms with E-state index in [-0.39, 0.29) is 5.82 Å². The van der Waals surface area contributed by atoms with Crippen LogP contribution in [0.3, 0.4) is 0 Å². The largest absolute Gasteiger partial charge is 0.381 e. The van der Waals surface area contributed by atoms with Gasteiger partial charge in [-0.25, -0.2) is 4.39 Å². The number of hydrogen-bond acceptors (Lipinski definition) is 2. The van der Waals surface area contributed by atoms with Crippen LogP contribution in [0, 0.1) is 12.7 Å². The van der Waals surface area contributed by atoms with E-state index in [0.29, 0.717) is 6.54 Å². The van der Waals surface area contributed by atoms with Gasteiger partial charge in [-0.05, 0) is 36.2 Å². The Kier molecular flexibility index (Phi) is 3.74. The van der Waals surface area contributed by atoms with Crippen molar-refractivity contribution in [3.63, 3.8) is 0 Å². The van der Waals surface area contributed by atoms with Gasteiger partial charge in [-0.15, -0.1) is 0 Å². The van der Waals surface area contributed by atoms with Crippen molar-refractivity contribution in [3.05, 3.63) is 58.1 Å². The highest BCUT2D eigenvalue weighted by Gasteiger charge is 2.00. The summed E-state index contributed by atoms with van der Waals surface area (Å²) < 4.78 is 14.0. The molecule has 88 valence electrons. The average Bonchev–Trinajstić information content (AvgIpc) is 2.30. The minimum absolute atomic E-state index is 0.310. The van der Waals surface area contributed by atoms with E-state index < -0.39 is 0 Å². The van der Waals surface area contributed by atoms with Crippen molar-refractivity contribution in [2.75, 3.05) is 5.32 Å². The maximum absolute atomic E-state index is 12.9. The number of benzene rings is 1. The SMILES string of the molecule is Cc1ccc(Br)cc1NCc1cncc(F)c1. The number of pyridine rings is 1. The normalized spacial score (nSPS) is 10.3. The molecule has 0 aliphatic rings. The van der Waals surface area contributed by atoms with Gasteiger partial charge < -0.3 is 5.32 Å². The molecule has 1 aromatic heterocycles. The summed E-state index contributed by atoms with van der Waals surface area (Å²) in [6.07, 6.45) is 2.86. The predicted molar refractivity (Wildman–Crippen MR) is 70.4 cm³/mol. The molecule has 4 heteroatoms. The molecule has 0 unspecified atom stereocenters. The number of nitrogens with one attached hydrogen (secondary N) is 1. The second-order valence-corrected chi connectivity index (χ2v) is 4.74. The van der Waals surface area contributed by atoms with Crippen LogP contribution in [0.5, 0.6) is 0 Å².